The van der Waals surface area contributed by atoms with Crippen molar-refractivity contribution in [2.24, 2.45) is 0 Å². The summed E-state index contributed by atoms with van der Waals surface area (Å²) in [5.41, 5.74) is -0.740. The first kappa shape index (κ1) is 20.7. The molecule has 0 heterocycles. The van der Waals surface area contributed by atoms with Gasteiger partial charge in [-0.15, -0.1) is 0 Å². The molecule has 2 aromatic rings. The molecule has 1 amide bonds. The van der Waals surface area contributed by atoms with Crippen molar-refractivity contribution in [3.05, 3.63) is 59.2 Å². The zero-order chi connectivity index (χ0) is 20.0. The molecular formula is C19H20F4N2O2. The van der Waals surface area contributed by atoms with Crippen LogP contribution in [-0.4, -0.2) is 37.0 Å². The first-order valence-corrected chi connectivity index (χ1v) is 8.47. The summed E-state index contributed by atoms with van der Waals surface area (Å²) in [6, 6.07) is 6.70. The van der Waals surface area contributed by atoms with Crippen molar-refractivity contribution in [3.63, 3.8) is 0 Å². The van der Waals surface area contributed by atoms with Crippen molar-refractivity contribution in [2.45, 2.75) is 13.8 Å². The highest BCUT2D eigenvalue weighted by molar-refractivity contribution is 6.05. The molecular weight excluding hydrogens is 364 g/mol. The van der Waals surface area contributed by atoms with Crippen LogP contribution in [0.3, 0.4) is 0 Å². The summed E-state index contributed by atoms with van der Waals surface area (Å²) in [6.45, 7) is 6.78. The van der Waals surface area contributed by atoms with Crippen LogP contribution in [0.4, 0.5) is 23.2 Å². The molecule has 0 aromatic heterocycles. The number of likely N-dealkylation sites (N-methyl/N-ethyl adjacent to an activating group) is 1. The van der Waals surface area contributed by atoms with Gasteiger partial charge >= 0.3 is 0 Å². The van der Waals surface area contributed by atoms with E-state index < -0.39 is 34.7 Å². The molecule has 4 nitrogen and oxygen atoms in total. The average molecular weight is 384 g/mol. The summed E-state index contributed by atoms with van der Waals surface area (Å²) in [7, 11) is 0. The van der Waals surface area contributed by atoms with Crippen LogP contribution >= 0.6 is 0 Å². The van der Waals surface area contributed by atoms with Crippen LogP contribution in [0.25, 0.3) is 0 Å². The Morgan fingerprint density at radius 3 is 2.37 bits per heavy atom. The highest BCUT2D eigenvalue weighted by atomic mass is 19.2. The van der Waals surface area contributed by atoms with E-state index in [4.69, 9.17) is 4.74 Å². The summed E-state index contributed by atoms with van der Waals surface area (Å²) in [5, 5.41) is 2.33. The molecule has 8 heteroatoms. The number of para-hydroxylation sites is 2. The van der Waals surface area contributed by atoms with E-state index in [2.05, 4.69) is 10.2 Å². The van der Waals surface area contributed by atoms with Gasteiger partial charge in [0.05, 0.1) is 11.3 Å². The molecule has 0 saturated carbocycles. The van der Waals surface area contributed by atoms with Gasteiger partial charge in [0.25, 0.3) is 5.91 Å². The van der Waals surface area contributed by atoms with Gasteiger partial charge in [0, 0.05) is 6.54 Å². The van der Waals surface area contributed by atoms with Crippen LogP contribution in [-0.2, 0) is 0 Å². The second-order valence-electron chi connectivity index (χ2n) is 5.67. The number of benzene rings is 2. The van der Waals surface area contributed by atoms with Gasteiger partial charge in [0.1, 0.15) is 12.4 Å². The largest absolute Gasteiger partial charge is 0.490 e. The number of hydrogen-bond acceptors (Lipinski definition) is 3. The molecule has 146 valence electrons. The number of carbonyl (C=O) groups is 1. The van der Waals surface area contributed by atoms with Crippen molar-refractivity contribution >= 4 is 11.6 Å². The second kappa shape index (κ2) is 9.36. The maximum absolute atomic E-state index is 13.8. The second-order valence-corrected chi connectivity index (χ2v) is 5.67. The zero-order valence-electron chi connectivity index (χ0n) is 15.0. The van der Waals surface area contributed by atoms with E-state index in [1.165, 1.54) is 6.07 Å². The summed E-state index contributed by atoms with van der Waals surface area (Å²) in [6.07, 6.45) is 0. The van der Waals surface area contributed by atoms with Crippen molar-refractivity contribution in [2.75, 3.05) is 31.6 Å². The smallest absolute Gasteiger partial charge is 0.258 e. The summed E-state index contributed by atoms with van der Waals surface area (Å²) in [4.78, 5) is 14.3. The molecule has 0 aliphatic carbocycles. The maximum atomic E-state index is 13.8. The molecule has 0 bridgehead atoms. The maximum Gasteiger partial charge on any atom is 0.258 e. The van der Waals surface area contributed by atoms with Gasteiger partial charge in [-0.25, -0.2) is 17.6 Å². The SMILES string of the molecule is CCN(CC)CCOc1ccccc1NC(=O)c1cc(F)c(F)c(F)c1F. The first-order valence-electron chi connectivity index (χ1n) is 8.47. The quantitative estimate of drug-likeness (QED) is 0.421. The Morgan fingerprint density at radius 1 is 1.04 bits per heavy atom. The topological polar surface area (TPSA) is 41.6 Å². The van der Waals surface area contributed by atoms with Crippen molar-refractivity contribution in [3.8, 4) is 5.75 Å². The van der Waals surface area contributed by atoms with Gasteiger partial charge in [-0.1, -0.05) is 26.0 Å². The molecule has 27 heavy (non-hydrogen) atoms. The lowest BCUT2D eigenvalue weighted by Gasteiger charge is -2.19. The van der Waals surface area contributed by atoms with Crippen molar-refractivity contribution in [1.29, 1.82) is 0 Å². The van der Waals surface area contributed by atoms with E-state index in [1.54, 1.807) is 18.2 Å². The number of amides is 1. The Morgan fingerprint density at radius 2 is 1.70 bits per heavy atom. The monoisotopic (exact) mass is 384 g/mol. The molecule has 0 radical (unpaired) electrons. The predicted molar refractivity (Wildman–Crippen MR) is 94.0 cm³/mol. The fourth-order valence-electron chi connectivity index (χ4n) is 2.45. The van der Waals surface area contributed by atoms with Gasteiger partial charge in [-0.3, -0.25) is 4.79 Å². The number of nitrogens with zero attached hydrogens (tertiary/aromatic N) is 1. The van der Waals surface area contributed by atoms with Gasteiger partial charge in [0.15, 0.2) is 23.3 Å². The third kappa shape index (κ3) is 4.97. The summed E-state index contributed by atoms with van der Waals surface area (Å²) in [5.74, 6) is -8.21. The fraction of sp³-hybridized carbons (Fsp3) is 0.316. The van der Waals surface area contributed by atoms with E-state index in [-0.39, 0.29) is 5.69 Å². The molecule has 0 spiro atoms. The summed E-state index contributed by atoms with van der Waals surface area (Å²) >= 11 is 0. The van der Waals surface area contributed by atoms with Gasteiger partial charge in [-0.2, -0.15) is 0 Å². The lowest BCUT2D eigenvalue weighted by atomic mass is 10.1. The van der Waals surface area contributed by atoms with Gasteiger partial charge in [-0.05, 0) is 31.3 Å². The molecule has 0 atom stereocenters. The Hall–Kier alpha value is -2.61. The minimum Gasteiger partial charge on any atom is -0.490 e. The van der Waals surface area contributed by atoms with Gasteiger partial charge < -0.3 is 15.0 Å². The highest BCUT2D eigenvalue weighted by Gasteiger charge is 2.23. The zero-order valence-corrected chi connectivity index (χ0v) is 15.0. The van der Waals surface area contributed by atoms with E-state index in [0.29, 0.717) is 25.0 Å². The average Bonchev–Trinajstić information content (AvgIpc) is 2.67. The van der Waals surface area contributed by atoms with Crippen LogP contribution < -0.4 is 10.1 Å². The van der Waals surface area contributed by atoms with Crippen LogP contribution in [0.5, 0.6) is 5.75 Å². The predicted octanol–water partition coefficient (Wildman–Crippen LogP) is 4.22. The third-order valence-electron chi connectivity index (χ3n) is 4.04. The number of nitrogens with one attached hydrogen (secondary N) is 1. The number of carbonyl (C=O) groups excluding carboxylic acids is 1. The lowest BCUT2D eigenvalue weighted by molar-refractivity contribution is 0.102. The molecule has 2 rings (SSSR count). The van der Waals surface area contributed by atoms with Crippen molar-refractivity contribution in [1.82, 2.24) is 4.90 Å². The Balaban J connectivity index is 2.15. The van der Waals surface area contributed by atoms with Crippen LogP contribution in [0.2, 0.25) is 0 Å². The standard InChI is InChI=1S/C19H20F4N2O2/c1-3-25(4-2)9-10-27-15-8-6-5-7-14(15)24-19(26)12-11-13(20)17(22)18(23)16(12)21/h5-8,11H,3-4,9-10H2,1-2H3,(H,24,26). The molecule has 2 aromatic carbocycles. The Kier molecular flexibility index (Phi) is 7.18. The molecule has 0 unspecified atom stereocenters. The minimum absolute atomic E-state index is 0.201. The number of ether oxygens (including phenoxy) is 1. The molecule has 0 aliphatic rings. The van der Waals surface area contributed by atoms with E-state index in [0.717, 1.165) is 13.1 Å². The Bertz CT molecular complexity index is 811. The molecule has 0 aliphatic heterocycles. The Labute approximate surface area is 154 Å². The first-order chi connectivity index (χ1) is 12.9. The fourth-order valence-corrected chi connectivity index (χ4v) is 2.45. The minimum atomic E-state index is -2.04. The van der Waals surface area contributed by atoms with Crippen LogP contribution in [0.1, 0.15) is 24.2 Å². The number of rotatable bonds is 8. The number of anilines is 1. The molecule has 1 N–H and O–H groups in total. The normalized spacial score (nSPS) is 10.9. The van der Waals surface area contributed by atoms with E-state index in [9.17, 15) is 22.4 Å². The molecule has 0 saturated heterocycles. The molecule has 0 fully saturated rings. The number of halogens is 4. The van der Waals surface area contributed by atoms with Crippen LogP contribution in [0.15, 0.2) is 30.3 Å². The summed E-state index contributed by atoms with van der Waals surface area (Å²) < 4.78 is 59.1. The lowest BCUT2D eigenvalue weighted by Crippen LogP contribution is -2.28. The third-order valence-corrected chi connectivity index (χ3v) is 4.04. The van der Waals surface area contributed by atoms with Gasteiger partial charge in [0.2, 0.25) is 0 Å². The highest BCUT2D eigenvalue weighted by Crippen LogP contribution is 2.26. The number of hydrogen-bond donors (Lipinski definition) is 1. The van der Waals surface area contributed by atoms with E-state index >= 15 is 0 Å². The van der Waals surface area contributed by atoms with Crippen molar-refractivity contribution < 1.29 is 27.1 Å². The van der Waals surface area contributed by atoms with E-state index in [1.807, 2.05) is 13.8 Å². The van der Waals surface area contributed by atoms with Crippen LogP contribution in [0, 0.1) is 23.3 Å².